The third-order valence-electron chi connectivity index (χ3n) is 5.93. The van der Waals surface area contributed by atoms with Gasteiger partial charge in [0.1, 0.15) is 5.75 Å². The number of thiazole rings is 1. The van der Waals surface area contributed by atoms with Crippen molar-refractivity contribution in [1.82, 2.24) is 4.57 Å². The summed E-state index contributed by atoms with van der Waals surface area (Å²) in [4.78, 5) is 31.8. The molecule has 1 atom stereocenters. The van der Waals surface area contributed by atoms with Crippen LogP contribution in [0.4, 0.5) is 0 Å². The number of benzene rings is 3. The van der Waals surface area contributed by atoms with Crippen LogP contribution >= 0.6 is 27.3 Å². The van der Waals surface area contributed by atoms with E-state index < -0.39 is 12.0 Å². The van der Waals surface area contributed by atoms with Crippen molar-refractivity contribution >= 4 is 50.1 Å². The number of hydrogen-bond donors (Lipinski definition) is 1. The molecule has 0 radical (unpaired) electrons. The molecule has 1 aliphatic heterocycles. The van der Waals surface area contributed by atoms with E-state index in [0.29, 0.717) is 26.2 Å². The fourth-order valence-electron chi connectivity index (χ4n) is 4.32. The van der Waals surface area contributed by atoms with Crippen LogP contribution in [-0.4, -0.2) is 22.2 Å². The van der Waals surface area contributed by atoms with Crippen molar-refractivity contribution in [2.24, 2.45) is 4.99 Å². The van der Waals surface area contributed by atoms with Crippen LogP contribution in [0.2, 0.25) is 0 Å². The summed E-state index contributed by atoms with van der Waals surface area (Å²) in [6.07, 6.45) is 1.70. The van der Waals surface area contributed by atoms with E-state index in [1.165, 1.54) is 11.3 Å². The normalized spacial score (nSPS) is 15.7. The molecule has 6 nitrogen and oxygen atoms in total. The SMILES string of the molecule is CCOC(=O)C1=C(C)N=c2sc(=Cc3c(O)ccc4ccccc34)c(=O)n2C1c1ccc(Br)cc1. The van der Waals surface area contributed by atoms with E-state index in [1.807, 2.05) is 54.6 Å². The van der Waals surface area contributed by atoms with Crippen molar-refractivity contribution in [2.75, 3.05) is 6.61 Å². The quantitative estimate of drug-likeness (QED) is 0.383. The number of rotatable bonds is 4. The van der Waals surface area contributed by atoms with E-state index in [1.54, 1.807) is 30.6 Å². The minimum Gasteiger partial charge on any atom is -0.507 e. The highest BCUT2D eigenvalue weighted by atomic mass is 79.9. The topological polar surface area (TPSA) is 80.9 Å². The number of nitrogens with zero attached hydrogens (tertiary/aromatic N) is 2. The lowest BCUT2D eigenvalue weighted by molar-refractivity contribution is -0.139. The number of hydrogen-bond acceptors (Lipinski definition) is 6. The number of phenolic OH excluding ortho intramolecular Hbond substituents is 1. The van der Waals surface area contributed by atoms with Gasteiger partial charge in [0.05, 0.1) is 28.5 Å². The van der Waals surface area contributed by atoms with Crippen molar-refractivity contribution in [1.29, 1.82) is 0 Å². The zero-order chi connectivity index (χ0) is 24.7. The van der Waals surface area contributed by atoms with Gasteiger partial charge in [0.2, 0.25) is 0 Å². The number of aromatic hydroxyl groups is 1. The van der Waals surface area contributed by atoms with Gasteiger partial charge in [-0.3, -0.25) is 9.36 Å². The molecule has 0 bridgehead atoms. The molecule has 1 unspecified atom stereocenters. The lowest BCUT2D eigenvalue weighted by Gasteiger charge is -2.24. The summed E-state index contributed by atoms with van der Waals surface area (Å²) in [7, 11) is 0. The Hall–Kier alpha value is -3.49. The molecular weight excluding hydrogens is 528 g/mol. The molecular formula is C27H21BrN2O4S. The van der Waals surface area contributed by atoms with Crippen LogP contribution in [0.1, 0.15) is 31.0 Å². The number of esters is 1. The van der Waals surface area contributed by atoms with E-state index in [9.17, 15) is 14.7 Å². The maximum Gasteiger partial charge on any atom is 0.338 e. The zero-order valence-electron chi connectivity index (χ0n) is 19.0. The van der Waals surface area contributed by atoms with Crippen LogP contribution in [0.15, 0.2) is 86.2 Å². The Labute approximate surface area is 213 Å². The second-order valence-electron chi connectivity index (χ2n) is 8.07. The fourth-order valence-corrected chi connectivity index (χ4v) is 5.61. The highest BCUT2D eigenvalue weighted by Gasteiger charge is 2.33. The third kappa shape index (κ3) is 4.13. The summed E-state index contributed by atoms with van der Waals surface area (Å²) in [5.41, 5.74) is 1.89. The van der Waals surface area contributed by atoms with Crippen molar-refractivity contribution in [2.45, 2.75) is 19.9 Å². The lowest BCUT2D eigenvalue weighted by Crippen LogP contribution is -2.39. The number of ether oxygens (including phenoxy) is 1. The Morgan fingerprint density at radius 3 is 2.66 bits per heavy atom. The molecule has 0 amide bonds. The van der Waals surface area contributed by atoms with Crippen LogP contribution in [0, 0.1) is 0 Å². The van der Waals surface area contributed by atoms with Gasteiger partial charge in [0, 0.05) is 10.0 Å². The molecule has 8 heteroatoms. The fraction of sp³-hybridized carbons (Fsp3) is 0.148. The zero-order valence-corrected chi connectivity index (χ0v) is 21.4. The second kappa shape index (κ2) is 9.28. The van der Waals surface area contributed by atoms with Gasteiger partial charge in [-0.15, -0.1) is 0 Å². The summed E-state index contributed by atoms with van der Waals surface area (Å²) in [5.74, 6) is -0.412. The van der Waals surface area contributed by atoms with E-state index >= 15 is 0 Å². The van der Waals surface area contributed by atoms with Gasteiger partial charge in [-0.1, -0.05) is 69.7 Å². The Kier molecular flexibility index (Phi) is 6.17. The number of carbonyl (C=O) groups is 1. The molecule has 1 aliphatic rings. The van der Waals surface area contributed by atoms with Crippen molar-refractivity contribution in [3.05, 3.63) is 107 Å². The molecule has 0 spiro atoms. The summed E-state index contributed by atoms with van der Waals surface area (Å²) in [6.45, 7) is 3.72. The Morgan fingerprint density at radius 1 is 1.17 bits per heavy atom. The molecule has 176 valence electrons. The van der Waals surface area contributed by atoms with Crippen LogP contribution in [-0.2, 0) is 9.53 Å². The summed E-state index contributed by atoms with van der Waals surface area (Å²) in [6, 6.07) is 18.0. The maximum absolute atomic E-state index is 13.8. The summed E-state index contributed by atoms with van der Waals surface area (Å²) < 4.78 is 8.17. The Bertz CT molecular complexity index is 1680. The number of phenols is 1. The van der Waals surface area contributed by atoms with Gasteiger partial charge in [0.25, 0.3) is 5.56 Å². The molecule has 5 rings (SSSR count). The van der Waals surface area contributed by atoms with Crippen molar-refractivity contribution in [3.63, 3.8) is 0 Å². The van der Waals surface area contributed by atoms with E-state index in [0.717, 1.165) is 20.8 Å². The molecule has 0 saturated heterocycles. The summed E-state index contributed by atoms with van der Waals surface area (Å²) in [5, 5.41) is 12.4. The number of halogens is 1. The Morgan fingerprint density at radius 2 is 1.91 bits per heavy atom. The standard InChI is InChI=1S/C27H21BrN2O4S/c1-3-34-26(33)23-15(2)29-27-30(24(23)17-8-11-18(28)12-9-17)25(32)22(35-27)14-20-19-7-5-4-6-16(19)10-13-21(20)31/h4-14,24,31H,3H2,1-2H3. The molecule has 35 heavy (non-hydrogen) atoms. The maximum atomic E-state index is 13.8. The second-order valence-corrected chi connectivity index (χ2v) is 10.00. The first-order valence-corrected chi connectivity index (χ1v) is 12.7. The van der Waals surface area contributed by atoms with Gasteiger partial charge in [-0.05, 0) is 54.5 Å². The molecule has 0 aliphatic carbocycles. The van der Waals surface area contributed by atoms with Crippen LogP contribution < -0.4 is 14.9 Å². The summed E-state index contributed by atoms with van der Waals surface area (Å²) >= 11 is 4.67. The molecule has 4 aromatic rings. The molecule has 2 heterocycles. The van der Waals surface area contributed by atoms with E-state index in [-0.39, 0.29) is 17.9 Å². The first-order valence-electron chi connectivity index (χ1n) is 11.0. The minimum absolute atomic E-state index is 0.0855. The lowest BCUT2D eigenvalue weighted by atomic mass is 9.96. The number of aromatic nitrogens is 1. The molecule has 0 saturated carbocycles. The first kappa shape index (κ1) is 23.3. The number of fused-ring (bicyclic) bond motifs is 2. The van der Waals surface area contributed by atoms with Gasteiger partial charge >= 0.3 is 5.97 Å². The highest BCUT2D eigenvalue weighted by molar-refractivity contribution is 9.10. The van der Waals surface area contributed by atoms with Crippen molar-refractivity contribution < 1.29 is 14.6 Å². The van der Waals surface area contributed by atoms with Gasteiger partial charge in [-0.25, -0.2) is 9.79 Å². The number of allylic oxidation sites excluding steroid dienone is 1. The van der Waals surface area contributed by atoms with E-state index in [4.69, 9.17) is 4.74 Å². The molecule has 1 aromatic heterocycles. The molecule has 1 N–H and O–H groups in total. The average Bonchev–Trinajstić information content (AvgIpc) is 3.15. The van der Waals surface area contributed by atoms with Gasteiger partial charge in [0.15, 0.2) is 4.80 Å². The minimum atomic E-state index is -0.679. The Balaban J connectivity index is 1.77. The molecule has 0 fully saturated rings. The molecule has 3 aromatic carbocycles. The largest absolute Gasteiger partial charge is 0.507 e. The van der Waals surface area contributed by atoms with Crippen LogP contribution in [0.3, 0.4) is 0 Å². The van der Waals surface area contributed by atoms with Crippen molar-refractivity contribution in [3.8, 4) is 5.75 Å². The van der Waals surface area contributed by atoms with Crippen LogP contribution in [0.5, 0.6) is 5.75 Å². The smallest absolute Gasteiger partial charge is 0.338 e. The predicted molar refractivity (Wildman–Crippen MR) is 140 cm³/mol. The van der Waals surface area contributed by atoms with Gasteiger partial charge < -0.3 is 9.84 Å². The third-order valence-corrected chi connectivity index (χ3v) is 7.44. The van der Waals surface area contributed by atoms with E-state index in [2.05, 4.69) is 20.9 Å². The average molecular weight is 549 g/mol. The van der Waals surface area contributed by atoms with Crippen LogP contribution in [0.25, 0.3) is 16.8 Å². The van der Waals surface area contributed by atoms with Gasteiger partial charge in [-0.2, -0.15) is 0 Å². The predicted octanol–water partition coefficient (Wildman–Crippen LogP) is 4.42. The monoisotopic (exact) mass is 548 g/mol. The highest BCUT2D eigenvalue weighted by Crippen LogP contribution is 2.32. The first-order chi connectivity index (χ1) is 16.9. The number of carbonyl (C=O) groups excluding carboxylic acids is 1.